The standard InChI is InChI=1S/C16H23N3/c1-6-12-7-8-13-14(9-12)16(19(4)5)17-10-15(13)18-11(2)3/h7-11,18H,6H2,1-5H3. The zero-order chi connectivity index (χ0) is 14.0. The summed E-state index contributed by atoms with van der Waals surface area (Å²) in [5, 5.41) is 5.93. The number of nitrogens with zero attached hydrogens (tertiary/aromatic N) is 2. The molecule has 3 heteroatoms. The molecular formula is C16H23N3. The Labute approximate surface area is 115 Å². The van der Waals surface area contributed by atoms with E-state index in [2.05, 4.69) is 54.2 Å². The monoisotopic (exact) mass is 257 g/mol. The maximum atomic E-state index is 4.60. The van der Waals surface area contributed by atoms with Gasteiger partial charge >= 0.3 is 0 Å². The smallest absolute Gasteiger partial charge is 0.136 e. The highest BCUT2D eigenvalue weighted by atomic mass is 15.1. The van der Waals surface area contributed by atoms with E-state index < -0.39 is 0 Å². The second-order valence-electron chi connectivity index (χ2n) is 5.42. The highest BCUT2D eigenvalue weighted by Crippen LogP contribution is 2.30. The summed E-state index contributed by atoms with van der Waals surface area (Å²) in [6.45, 7) is 6.47. The molecule has 0 radical (unpaired) electrons. The Bertz CT molecular complexity index is 573. The number of nitrogens with one attached hydrogen (secondary N) is 1. The Hall–Kier alpha value is -1.77. The molecule has 0 unspecified atom stereocenters. The Morgan fingerprint density at radius 2 is 1.95 bits per heavy atom. The van der Waals surface area contributed by atoms with Gasteiger partial charge in [-0.3, -0.25) is 0 Å². The summed E-state index contributed by atoms with van der Waals surface area (Å²) < 4.78 is 0. The van der Waals surface area contributed by atoms with Crippen molar-refractivity contribution in [3.8, 4) is 0 Å². The Balaban J connectivity index is 2.66. The van der Waals surface area contributed by atoms with E-state index in [9.17, 15) is 0 Å². The minimum atomic E-state index is 0.404. The van der Waals surface area contributed by atoms with Crippen molar-refractivity contribution in [2.45, 2.75) is 33.2 Å². The minimum absolute atomic E-state index is 0.404. The predicted octanol–water partition coefficient (Wildman–Crippen LogP) is 3.68. The Morgan fingerprint density at radius 3 is 2.53 bits per heavy atom. The van der Waals surface area contributed by atoms with E-state index in [4.69, 9.17) is 0 Å². The average molecular weight is 257 g/mol. The number of rotatable bonds is 4. The number of anilines is 2. The highest BCUT2D eigenvalue weighted by molar-refractivity contribution is 6.00. The second-order valence-corrected chi connectivity index (χ2v) is 5.42. The summed E-state index contributed by atoms with van der Waals surface area (Å²) in [5.41, 5.74) is 2.46. The first-order valence-corrected chi connectivity index (χ1v) is 6.88. The fraction of sp³-hybridized carbons (Fsp3) is 0.438. The summed E-state index contributed by atoms with van der Waals surface area (Å²) in [7, 11) is 4.08. The van der Waals surface area contributed by atoms with Crippen molar-refractivity contribution < 1.29 is 0 Å². The first-order valence-electron chi connectivity index (χ1n) is 6.88. The summed E-state index contributed by atoms with van der Waals surface area (Å²) in [5.74, 6) is 1.03. The first kappa shape index (κ1) is 13.7. The minimum Gasteiger partial charge on any atom is -0.381 e. The number of fused-ring (bicyclic) bond motifs is 1. The van der Waals surface area contributed by atoms with Gasteiger partial charge in [-0.1, -0.05) is 19.1 Å². The number of aryl methyl sites for hydroxylation is 1. The van der Waals surface area contributed by atoms with E-state index in [1.165, 1.54) is 16.3 Å². The lowest BCUT2D eigenvalue weighted by atomic mass is 10.0. The summed E-state index contributed by atoms with van der Waals surface area (Å²) in [6.07, 6.45) is 2.98. The maximum Gasteiger partial charge on any atom is 0.136 e. The van der Waals surface area contributed by atoms with E-state index in [-0.39, 0.29) is 0 Å². The van der Waals surface area contributed by atoms with Crippen LogP contribution in [0.3, 0.4) is 0 Å². The van der Waals surface area contributed by atoms with Gasteiger partial charge in [-0.25, -0.2) is 4.98 Å². The van der Waals surface area contributed by atoms with Crippen molar-refractivity contribution in [2.24, 2.45) is 0 Å². The van der Waals surface area contributed by atoms with E-state index in [0.29, 0.717) is 6.04 Å². The molecule has 0 bridgehead atoms. The molecule has 1 N–H and O–H groups in total. The predicted molar refractivity (Wildman–Crippen MR) is 84.2 cm³/mol. The zero-order valence-electron chi connectivity index (χ0n) is 12.5. The van der Waals surface area contributed by atoms with Crippen molar-refractivity contribution in [3.05, 3.63) is 30.0 Å². The van der Waals surface area contributed by atoms with Crippen LogP contribution < -0.4 is 10.2 Å². The molecule has 1 aromatic heterocycles. The lowest BCUT2D eigenvalue weighted by Gasteiger charge is -2.18. The topological polar surface area (TPSA) is 28.2 Å². The highest BCUT2D eigenvalue weighted by Gasteiger charge is 2.10. The average Bonchev–Trinajstić information content (AvgIpc) is 2.37. The van der Waals surface area contributed by atoms with Crippen LogP contribution in [0.25, 0.3) is 10.8 Å². The normalized spacial score (nSPS) is 11.1. The van der Waals surface area contributed by atoms with Crippen LogP contribution in [0.4, 0.5) is 11.5 Å². The molecule has 0 aliphatic rings. The molecule has 0 fully saturated rings. The van der Waals surface area contributed by atoms with Crippen LogP contribution in [0, 0.1) is 0 Å². The number of pyridine rings is 1. The van der Waals surface area contributed by atoms with Crippen LogP contribution in [0.2, 0.25) is 0 Å². The molecule has 0 spiro atoms. The molecule has 1 heterocycles. The lowest BCUT2D eigenvalue weighted by molar-refractivity contribution is 0.899. The van der Waals surface area contributed by atoms with Crippen LogP contribution in [0.1, 0.15) is 26.3 Å². The molecule has 0 saturated carbocycles. The van der Waals surface area contributed by atoms with Gasteiger partial charge in [0.2, 0.25) is 0 Å². The molecule has 1 aromatic carbocycles. The van der Waals surface area contributed by atoms with Gasteiger partial charge in [-0.2, -0.15) is 0 Å². The summed E-state index contributed by atoms with van der Waals surface area (Å²) in [6, 6.07) is 7.06. The Morgan fingerprint density at radius 1 is 1.21 bits per heavy atom. The van der Waals surface area contributed by atoms with Gasteiger partial charge in [0.05, 0.1) is 11.9 Å². The molecular weight excluding hydrogens is 234 g/mol. The van der Waals surface area contributed by atoms with Crippen LogP contribution in [0.5, 0.6) is 0 Å². The fourth-order valence-corrected chi connectivity index (χ4v) is 2.28. The van der Waals surface area contributed by atoms with Crippen molar-refractivity contribution >= 4 is 22.3 Å². The molecule has 0 aliphatic heterocycles. The fourth-order valence-electron chi connectivity index (χ4n) is 2.28. The maximum absolute atomic E-state index is 4.60. The number of hydrogen-bond donors (Lipinski definition) is 1. The number of benzene rings is 1. The van der Waals surface area contributed by atoms with Gasteiger partial charge in [0.25, 0.3) is 0 Å². The molecule has 3 nitrogen and oxygen atoms in total. The molecule has 0 aliphatic carbocycles. The quantitative estimate of drug-likeness (QED) is 0.905. The molecule has 0 amide bonds. The lowest BCUT2D eigenvalue weighted by Crippen LogP contribution is -2.14. The molecule has 2 aromatic rings. The van der Waals surface area contributed by atoms with Crippen molar-refractivity contribution in [1.29, 1.82) is 0 Å². The van der Waals surface area contributed by atoms with E-state index >= 15 is 0 Å². The van der Waals surface area contributed by atoms with Gasteiger partial charge in [-0.05, 0) is 31.9 Å². The van der Waals surface area contributed by atoms with Crippen molar-refractivity contribution in [1.82, 2.24) is 4.98 Å². The van der Waals surface area contributed by atoms with E-state index in [1.54, 1.807) is 0 Å². The Kier molecular flexibility index (Phi) is 3.93. The van der Waals surface area contributed by atoms with Gasteiger partial charge in [0.1, 0.15) is 5.82 Å². The zero-order valence-corrected chi connectivity index (χ0v) is 12.5. The molecule has 0 saturated heterocycles. The third-order valence-electron chi connectivity index (χ3n) is 3.21. The van der Waals surface area contributed by atoms with Crippen molar-refractivity contribution in [2.75, 3.05) is 24.3 Å². The number of hydrogen-bond acceptors (Lipinski definition) is 3. The molecule has 0 atom stereocenters. The van der Waals surface area contributed by atoms with Crippen LogP contribution in [-0.4, -0.2) is 25.1 Å². The first-order chi connectivity index (χ1) is 9.02. The summed E-state index contributed by atoms with van der Waals surface area (Å²) in [4.78, 5) is 6.67. The third-order valence-corrected chi connectivity index (χ3v) is 3.21. The largest absolute Gasteiger partial charge is 0.381 e. The van der Waals surface area contributed by atoms with Crippen LogP contribution in [0.15, 0.2) is 24.4 Å². The van der Waals surface area contributed by atoms with Gasteiger partial charge in [0.15, 0.2) is 0 Å². The molecule has 2 rings (SSSR count). The van der Waals surface area contributed by atoms with Crippen LogP contribution in [-0.2, 0) is 6.42 Å². The van der Waals surface area contributed by atoms with Gasteiger partial charge in [-0.15, -0.1) is 0 Å². The molecule has 102 valence electrons. The molecule has 19 heavy (non-hydrogen) atoms. The van der Waals surface area contributed by atoms with Gasteiger partial charge in [0, 0.05) is 30.9 Å². The number of aromatic nitrogens is 1. The SMILES string of the molecule is CCc1ccc2c(NC(C)C)cnc(N(C)C)c2c1. The second kappa shape index (κ2) is 5.47. The van der Waals surface area contributed by atoms with Crippen LogP contribution >= 0.6 is 0 Å². The van der Waals surface area contributed by atoms with E-state index in [0.717, 1.165) is 17.9 Å². The van der Waals surface area contributed by atoms with E-state index in [1.807, 2.05) is 20.3 Å². The third kappa shape index (κ3) is 2.80. The summed E-state index contributed by atoms with van der Waals surface area (Å²) >= 11 is 0. The van der Waals surface area contributed by atoms with Gasteiger partial charge < -0.3 is 10.2 Å². The van der Waals surface area contributed by atoms with Crippen molar-refractivity contribution in [3.63, 3.8) is 0 Å².